The number of anilines is 2. The lowest BCUT2D eigenvalue weighted by Crippen LogP contribution is -2.26. The number of aliphatic hydroxyl groups is 2. The highest BCUT2D eigenvalue weighted by molar-refractivity contribution is 5.74. The third-order valence-corrected chi connectivity index (χ3v) is 2.55. The predicted molar refractivity (Wildman–Crippen MR) is 62.6 cm³/mol. The number of amides is 1. The maximum absolute atomic E-state index is 10.6. The van der Waals surface area contributed by atoms with Gasteiger partial charge in [0.05, 0.1) is 18.2 Å². The number of carbonyl (C=O) groups excluding carboxylic acids is 1. The number of nitrogens with zero attached hydrogens (tertiary/aromatic N) is 1. The number of aliphatic hydroxyl groups excluding tert-OH is 2. The summed E-state index contributed by atoms with van der Waals surface area (Å²) in [5.74, 6) is -0.548. The number of nitrogen functional groups attached to an aromatic ring is 2. The topological polar surface area (TPSA) is 148 Å². The summed E-state index contributed by atoms with van der Waals surface area (Å²) in [5.41, 5.74) is 17.2. The van der Waals surface area contributed by atoms with E-state index < -0.39 is 18.1 Å². The second kappa shape index (κ2) is 4.98. The number of primary amides is 1. The first-order valence-corrected chi connectivity index (χ1v) is 4.99. The summed E-state index contributed by atoms with van der Waals surface area (Å²) >= 11 is 0. The number of aromatic nitrogens is 1. The Labute approximate surface area is 98.2 Å². The van der Waals surface area contributed by atoms with Crippen molar-refractivity contribution in [3.8, 4) is 0 Å². The number of carbonyl (C=O) groups is 1. The maximum atomic E-state index is 10.6. The van der Waals surface area contributed by atoms with E-state index in [1.807, 2.05) is 0 Å². The van der Waals surface area contributed by atoms with Crippen molar-refractivity contribution in [3.05, 3.63) is 17.3 Å². The van der Waals surface area contributed by atoms with Crippen molar-refractivity contribution in [1.82, 2.24) is 4.98 Å². The van der Waals surface area contributed by atoms with Crippen LogP contribution in [-0.4, -0.2) is 27.2 Å². The van der Waals surface area contributed by atoms with Crippen LogP contribution in [0.5, 0.6) is 0 Å². The second-order valence-electron chi connectivity index (χ2n) is 3.82. The fraction of sp³-hybridized carbons (Fsp3) is 0.400. The van der Waals surface area contributed by atoms with Crippen LogP contribution in [0.1, 0.15) is 23.7 Å². The van der Waals surface area contributed by atoms with E-state index in [-0.39, 0.29) is 17.9 Å². The molecule has 7 heteroatoms. The van der Waals surface area contributed by atoms with Gasteiger partial charge in [0.25, 0.3) is 0 Å². The molecule has 0 spiro atoms. The van der Waals surface area contributed by atoms with Crippen LogP contribution in [-0.2, 0) is 4.79 Å². The van der Waals surface area contributed by atoms with Gasteiger partial charge in [-0.05, 0) is 12.5 Å². The van der Waals surface area contributed by atoms with E-state index in [0.29, 0.717) is 11.1 Å². The fourth-order valence-electron chi connectivity index (χ4n) is 1.48. The van der Waals surface area contributed by atoms with Gasteiger partial charge in [0, 0.05) is 11.8 Å². The Balaban J connectivity index is 3.00. The minimum atomic E-state index is -1.30. The number of rotatable bonds is 4. The number of nitrogens with two attached hydrogens (primary N) is 3. The molecule has 1 rings (SSSR count). The quantitative estimate of drug-likeness (QED) is 0.447. The molecule has 0 saturated heterocycles. The molecule has 2 unspecified atom stereocenters. The molecule has 0 fully saturated rings. The van der Waals surface area contributed by atoms with Crippen molar-refractivity contribution in [2.75, 3.05) is 11.5 Å². The average Bonchev–Trinajstić information content (AvgIpc) is 2.24. The van der Waals surface area contributed by atoms with E-state index in [2.05, 4.69) is 4.98 Å². The van der Waals surface area contributed by atoms with Gasteiger partial charge in [-0.1, -0.05) is 0 Å². The monoisotopic (exact) mass is 240 g/mol. The molecule has 0 aliphatic rings. The molecule has 2 atom stereocenters. The maximum Gasteiger partial charge on any atom is 0.220 e. The largest absolute Gasteiger partial charge is 0.396 e. The van der Waals surface area contributed by atoms with Gasteiger partial charge in [-0.15, -0.1) is 0 Å². The van der Waals surface area contributed by atoms with Crippen molar-refractivity contribution in [1.29, 1.82) is 0 Å². The molecular weight excluding hydrogens is 224 g/mol. The van der Waals surface area contributed by atoms with Crippen molar-refractivity contribution in [3.63, 3.8) is 0 Å². The number of hydrogen-bond acceptors (Lipinski definition) is 6. The lowest BCUT2D eigenvalue weighted by molar-refractivity contribution is -0.121. The van der Waals surface area contributed by atoms with Crippen LogP contribution >= 0.6 is 0 Å². The summed E-state index contributed by atoms with van der Waals surface area (Å²) in [4.78, 5) is 14.4. The highest BCUT2D eigenvalue weighted by Gasteiger charge is 2.23. The van der Waals surface area contributed by atoms with E-state index in [1.54, 1.807) is 6.92 Å². The zero-order chi connectivity index (χ0) is 13.2. The Morgan fingerprint density at radius 3 is 2.59 bits per heavy atom. The highest BCUT2D eigenvalue weighted by Crippen LogP contribution is 2.27. The van der Waals surface area contributed by atoms with Crippen molar-refractivity contribution >= 4 is 17.4 Å². The third-order valence-electron chi connectivity index (χ3n) is 2.55. The Morgan fingerprint density at radius 2 is 2.06 bits per heavy atom. The van der Waals surface area contributed by atoms with E-state index in [0.717, 1.165) is 0 Å². The molecule has 0 saturated carbocycles. The van der Waals surface area contributed by atoms with Crippen molar-refractivity contribution < 1.29 is 15.0 Å². The summed E-state index contributed by atoms with van der Waals surface area (Å²) in [6, 6.07) is 0. The summed E-state index contributed by atoms with van der Waals surface area (Å²) in [6.07, 6.45) is -1.60. The van der Waals surface area contributed by atoms with Gasteiger partial charge in [0.1, 0.15) is 11.9 Å². The van der Waals surface area contributed by atoms with Gasteiger partial charge >= 0.3 is 0 Å². The Hall–Kier alpha value is -1.86. The molecule has 94 valence electrons. The smallest absolute Gasteiger partial charge is 0.220 e. The van der Waals surface area contributed by atoms with Gasteiger partial charge in [0.2, 0.25) is 5.91 Å². The molecule has 0 radical (unpaired) electrons. The summed E-state index contributed by atoms with van der Waals surface area (Å²) in [6.45, 7) is 1.64. The summed E-state index contributed by atoms with van der Waals surface area (Å²) in [7, 11) is 0. The molecule has 1 heterocycles. The summed E-state index contributed by atoms with van der Waals surface area (Å²) in [5, 5.41) is 19.4. The van der Waals surface area contributed by atoms with Crippen LogP contribution in [0, 0.1) is 6.92 Å². The van der Waals surface area contributed by atoms with Gasteiger partial charge in [0.15, 0.2) is 0 Å². The Morgan fingerprint density at radius 1 is 1.47 bits per heavy atom. The van der Waals surface area contributed by atoms with Crippen LogP contribution in [0.4, 0.5) is 11.5 Å². The first-order valence-electron chi connectivity index (χ1n) is 4.99. The number of hydrogen-bond donors (Lipinski definition) is 5. The van der Waals surface area contributed by atoms with Crippen LogP contribution in [0.25, 0.3) is 0 Å². The number of pyridine rings is 1. The first-order chi connectivity index (χ1) is 7.84. The van der Waals surface area contributed by atoms with Gasteiger partial charge < -0.3 is 27.4 Å². The van der Waals surface area contributed by atoms with Crippen LogP contribution < -0.4 is 17.2 Å². The molecule has 0 bridgehead atoms. The molecule has 8 N–H and O–H groups in total. The Kier molecular flexibility index (Phi) is 3.87. The van der Waals surface area contributed by atoms with Crippen molar-refractivity contribution in [2.24, 2.45) is 5.73 Å². The molecule has 1 aromatic heterocycles. The van der Waals surface area contributed by atoms with Crippen LogP contribution in [0.15, 0.2) is 6.20 Å². The molecule has 1 amide bonds. The molecule has 7 nitrogen and oxygen atoms in total. The van der Waals surface area contributed by atoms with Crippen LogP contribution in [0.3, 0.4) is 0 Å². The normalized spacial score (nSPS) is 14.3. The van der Waals surface area contributed by atoms with Crippen molar-refractivity contribution in [2.45, 2.75) is 25.6 Å². The SMILES string of the molecule is Cc1c(C(O)C(O)CC(N)=O)cnc(N)c1N. The lowest BCUT2D eigenvalue weighted by atomic mass is 9.98. The van der Waals surface area contributed by atoms with E-state index in [4.69, 9.17) is 17.2 Å². The molecule has 0 aliphatic heterocycles. The molecular formula is C10H16N4O3. The first kappa shape index (κ1) is 13.2. The minimum absolute atomic E-state index is 0.155. The molecule has 0 aromatic carbocycles. The molecule has 0 aliphatic carbocycles. The predicted octanol–water partition coefficient (Wildman–Crippen LogP) is -1.18. The second-order valence-corrected chi connectivity index (χ2v) is 3.82. The van der Waals surface area contributed by atoms with E-state index >= 15 is 0 Å². The lowest BCUT2D eigenvalue weighted by Gasteiger charge is -2.19. The van der Waals surface area contributed by atoms with Gasteiger partial charge in [-0.3, -0.25) is 4.79 Å². The van der Waals surface area contributed by atoms with Gasteiger partial charge in [-0.2, -0.15) is 0 Å². The zero-order valence-electron chi connectivity index (χ0n) is 9.42. The fourth-order valence-corrected chi connectivity index (χ4v) is 1.48. The average molecular weight is 240 g/mol. The van der Waals surface area contributed by atoms with E-state index in [1.165, 1.54) is 6.20 Å². The summed E-state index contributed by atoms with van der Waals surface area (Å²) < 4.78 is 0. The highest BCUT2D eigenvalue weighted by atomic mass is 16.3. The molecule has 1 aromatic rings. The molecule has 17 heavy (non-hydrogen) atoms. The zero-order valence-corrected chi connectivity index (χ0v) is 9.42. The standard InChI is InChI=1S/C10H16N4O3/c1-4-5(3-14-10(13)8(4)12)9(17)6(15)2-7(11)16/h3,6,9,15,17H,2,12H2,1H3,(H2,11,16)(H2,13,14). The minimum Gasteiger partial charge on any atom is -0.396 e. The van der Waals surface area contributed by atoms with Crippen LogP contribution in [0.2, 0.25) is 0 Å². The van der Waals surface area contributed by atoms with E-state index in [9.17, 15) is 15.0 Å². The Bertz CT molecular complexity index is 436. The van der Waals surface area contributed by atoms with Gasteiger partial charge in [-0.25, -0.2) is 4.98 Å². The third kappa shape index (κ3) is 2.83.